The molecule has 2 saturated heterocycles. The summed E-state index contributed by atoms with van der Waals surface area (Å²) in [6.45, 7) is 4.76. The zero-order chi connectivity index (χ0) is 17.7. The van der Waals surface area contributed by atoms with Crippen LogP contribution in [0.25, 0.3) is 0 Å². The summed E-state index contributed by atoms with van der Waals surface area (Å²) in [5.41, 5.74) is 0.222. The summed E-state index contributed by atoms with van der Waals surface area (Å²) < 4.78 is 33.3. The molecule has 0 amide bonds. The first kappa shape index (κ1) is 18.3. The monoisotopic (exact) mass is 363 g/mol. The summed E-state index contributed by atoms with van der Waals surface area (Å²) >= 11 is 0. The van der Waals surface area contributed by atoms with Gasteiger partial charge in [-0.1, -0.05) is 18.6 Å². The lowest BCUT2D eigenvalue weighted by molar-refractivity contribution is 0.0340. The Kier molecular flexibility index (Phi) is 6.07. The zero-order valence-corrected chi connectivity index (χ0v) is 15.2. The zero-order valence-electron chi connectivity index (χ0n) is 14.4. The van der Waals surface area contributed by atoms with Gasteiger partial charge in [-0.15, -0.1) is 0 Å². The highest BCUT2D eigenvalue weighted by Crippen LogP contribution is 2.28. The molecule has 0 spiro atoms. The molecule has 1 unspecified atom stereocenters. The Morgan fingerprint density at radius 1 is 1.16 bits per heavy atom. The molecule has 2 heterocycles. The third-order valence-corrected chi connectivity index (χ3v) is 7.06. The Morgan fingerprint density at radius 3 is 2.68 bits per heavy atom. The molecular weight excluding hydrogens is 338 g/mol. The van der Waals surface area contributed by atoms with Crippen molar-refractivity contribution in [3.63, 3.8) is 0 Å². The number of piperidine rings is 1. The summed E-state index contributed by atoms with van der Waals surface area (Å²) in [5.74, 6) is 0. The van der Waals surface area contributed by atoms with Gasteiger partial charge in [0.2, 0.25) is 10.0 Å². The van der Waals surface area contributed by atoms with Crippen LogP contribution in [0, 0.1) is 11.3 Å². The summed E-state index contributed by atoms with van der Waals surface area (Å²) in [5, 5.41) is 9.27. The van der Waals surface area contributed by atoms with Gasteiger partial charge in [-0.05, 0) is 37.9 Å². The van der Waals surface area contributed by atoms with Gasteiger partial charge in [0.1, 0.15) is 6.07 Å². The lowest BCUT2D eigenvalue weighted by Crippen LogP contribution is -2.46. The molecule has 2 fully saturated rings. The van der Waals surface area contributed by atoms with Crippen LogP contribution in [0.15, 0.2) is 29.2 Å². The van der Waals surface area contributed by atoms with Crippen molar-refractivity contribution in [1.82, 2.24) is 9.21 Å². The van der Waals surface area contributed by atoms with Crippen molar-refractivity contribution in [1.29, 1.82) is 5.26 Å². The molecule has 25 heavy (non-hydrogen) atoms. The Morgan fingerprint density at radius 2 is 1.92 bits per heavy atom. The van der Waals surface area contributed by atoms with Crippen molar-refractivity contribution in [2.75, 3.05) is 39.4 Å². The molecule has 136 valence electrons. The third kappa shape index (κ3) is 4.21. The van der Waals surface area contributed by atoms with E-state index in [0.29, 0.717) is 6.54 Å². The first-order valence-corrected chi connectivity index (χ1v) is 10.4. The maximum atomic E-state index is 13.2. The van der Waals surface area contributed by atoms with E-state index in [1.54, 1.807) is 28.6 Å². The fourth-order valence-corrected chi connectivity index (χ4v) is 5.51. The van der Waals surface area contributed by atoms with Crippen molar-refractivity contribution < 1.29 is 13.2 Å². The van der Waals surface area contributed by atoms with E-state index in [-0.39, 0.29) is 16.5 Å². The van der Waals surface area contributed by atoms with Crippen LogP contribution in [0.1, 0.15) is 31.2 Å². The van der Waals surface area contributed by atoms with E-state index in [2.05, 4.69) is 4.90 Å². The van der Waals surface area contributed by atoms with Gasteiger partial charge in [-0.3, -0.25) is 4.90 Å². The minimum Gasteiger partial charge on any atom is -0.379 e. The van der Waals surface area contributed by atoms with E-state index in [4.69, 9.17) is 4.74 Å². The van der Waals surface area contributed by atoms with Gasteiger partial charge in [-0.25, -0.2) is 8.42 Å². The molecule has 0 bridgehead atoms. The van der Waals surface area contributed by atoms with E-state index in [9.17, 15) is 13.7 Å². The number of hydrogen-bond acceptors (Lipinski definition) is 5. The maximum absolute atomic E-state index is 13.2. The fraction of sp³-hybridized carbons (Fsp3) is 0.611. The Balaban J connectivity index is 1.76. The molecule has 1 atom stereocenters. The first-order chi connectivity index (χ1) is 12.1. The smallest absolute Gasteiger partial charge is 0.244 e. The molecule has 1 aromatic carbocycles. The Labute approximate surface area is 150 Å². The van der Waals surface area contributed by atoms with E-state index in [0.717, 1.165) is 58.5 Å². The van der Waals surface area contributed by atoms with Gasteiger partial charge in [0, 0.05) is 25.7 Å². The maximum Gasteiger partial charge on any atom is 0.244 e. The molecule has 0 N–H and O–H groups in total. The van der Waals surface area contributed by atoms with Crippen LogP contribution in [0.5, 0.6) is 0 Å². The topological polar surface area (TPSA) is 73.6 Å². The number of nitrogens with zero attached hydrogens (tertiary/aromatic N) is 3. The van der Waals surface area contributed by atoms with Crippen molar-refractivity contribution in [3.05, 3.63) is 29.8 Å². The van der Waals surface area contributed by atoms with Crippen molar-refractivity contribution in [2.24, 2.45) is 0 Å². The second-order valence-electron chi connectivity index (χ2n) is 6.62. The average Bonchev–Trinajstić information content (AvgIpc) is 2.67. The van der Waals surface area contributed by atoms with Crippen LogP contribution in [-0.2, 0) is 14.8 Å². The molecule has 0 aliphatic carbocycles. The van der Waals surface area contributed by atoms with Crippen molar-refractivity contribution >= 4 is 10.0 Å². The minimum absolute atomic E-state index is 0.00773. The predicted molar refractivity (Wildman–Crippen MR) is 94.6 cm³/mol. The summed E-state index contributed by atoms with van der Waals surface area (Å²) in [4.78, 5) is 2.47. The lowest BCUT2D eigenvalue weighted by atomic mass is 10.0. The number of benzene rings is 1. The quantitative estimate of drug-likeness (QED) is 0.798. The minimum atomic E-state index is -3.64. The van der Waals surface area contributed by atoms with Crippen LogP contribution in [-0.4, -0.2) is 63.1 Å². The standard InChI is InChI=1S/C18H25N3O3S/c19-15-16-5-1-2-7-18(16)25(22,23)21-9-4-3-6-17(21)8-10-20-11-13-24-14-12-20/h1-2,5,7,17H,3-4,6,8-14H2. The summed E-state index contributed by atoms with van der Waals surface area (Å²) in [6, 6.07) is 8.51. The van der Waals surface area contributed by atoms with E-state index in [1.165, 1.54) is 0 Å². The summed E-state index contributed by atoms with van der Waals surface area (Å²) in [7, 11) is -3.64. The van der Waals surface area contributed by atoms with Gasteiger partial charge in [0.05, 0.1) is 23.7 Å². The van der Waals surface area contributed by atoms with Gasteiger partial charge >= 0.3 is 0 Å². The average molecular weight is 363 g/mol. The highest BCUT2D eigenvalue weighted by atomic mass is 32.2. The van der Waals surface area contributed by atoms with Crippen LogP contribution < -0.4 is 0 Å². The van der Waals surface area contributed by atoms with E-state index >= 15 is 0 Å². The number of morpholine rings is 1. The van der Waals surface area contributed by atoms with Gasteiger partial charge in [0.15, 0.2) is 0 Å². The van der Waals surface area contributed by atoms with E-state index in [1.807, 2.05) is 6.07 Å². The van der Waals surface area contributed by atoms with Gasteiger partial charge in [0.25, 0.3) is 0 Å². The Hall–Kier alpha value is -1.46. The molecule has 1 aromatic rings. The second-order valence-corrected chi connectivity index (χ2v) is 8.47. The number of ether oxygens (including phenoxy) is 1. The van der Waals surface area contributed by atoms with Gasteiger partial charge < -0.3 is 4.74 Å². The Bertz CT molecular complexity index is 723. The summed E-state index contributed by atoms with van der Waals surface area (Å²) in [6.07, 6.45) is 3.65. The van der Waals surface area contributed by atoms with Crippen molar-refractivity contribution in [2.45, 2.75) is 36.6 Å². The number of sulfonamides is 1. The highest BCUT2D eigenvalue weighted by Gasteiger charge is 2.34. The molecule has 0 radical (unpaired) electrons. The molecule has 0 saturated carbocycles. The van der Waals surface area contributed by atoms with Crippen LogP contribution in [0.2, 0.25) is 0 Å². The van der Waals surface area contributed by atoms with E-state index < -0.39 is 10.0 Å². The second kappa shape index (κ2) is 8.28. The van der Waals surface area contributed by atoms with Gasteiger partial charge in [-0.2, -0.15) is 9.57 Å². The molecule has 7 heteroatoms. The molecule has 2 aliphatic heterocycles. The van der Waals surface area contributed by atoms with Crippen molar-refractivity contribution in [3.8, 4) is 6.07 Å². The number of hydrogen-bond donors (Lipinski definition) is 0. The third-order valence-electron chi connectivity index (χ3n) is 5.05. The molecule has 3 rings (SSSR count). The number of nitriles is 1. The molecule has 6 nitrogen and oxygen atoms in total. The van der Waals surface area contributed by atoms with Crippen LogP contribution in [0.4, 0.5) is 0 Å². The predicted octanol–water partition coefficient (Wildman–Crippen LogP) is 1.82. The largest absolute Gasteiger partial charge is 0.379 e. The highest BCUT2D eigenvalue weighted by molar-refractivity contribution is 7.89. The molecular formula is C18H25N3O3S. The normalized spacial score (nSPS) is 23.2. The van der Waals surface area contributed by atoms with Crippen LogP contribution >= 0.6 is 0 Å². The SMILES string of the molecule is N#Cc1ccccc1S(=O)(=O)N1CCCCC1CCN1CCOCC1. The van der Waals surface area contributed by atoms with Crippen LogP contribution in [0.3, 0.4) is 0 Å². The lowest BCUT2D eigenvalue weighted by Gasteiger charge is -2.36. The number of rotatable bonds is 5. The molecule has 2 aliphatic rings. The fourth-order valence-electron chi connectivity index (χ4n) is 3.65. The first-order valence-electron chi connectivity index (χ1n) is 8.94. The molecule has 0 aromatic heterocycles.